The van der Waals surface area contributed by atoms with Gasteiger partial charge in [0.1, 0.15) is 11.6 Å². The van der Waals surface area contributed by atoms with Crippen LogP contribution in [0.4, 0.5) is 28.9 Å². The topological polar surface area (TPSA) is 37.6 Å². The third kappa shape index (κ3) is 7.43. The van der Waals surface area contributed by atoms with Gasteiger partial charge in [-0.1, -0.05) is 6.07 Å². The Morgan fingerprint density at radius 1 is 0.677 bits per heavy atom. The van der Waals surface area contributed by atoms with E-state index >= 15 is 0 Å². The maximum absolute atomic E-state index is 13.8. The predicted molar refractivity (Wildman–Crippen MR) is 101 cm³/mol. The number of hydrogen-bond donors (Lipinski definition) is 0. The number of benzene rings is 2. The molecule has 0 aliphatic carbocycles. The molecule has 3 rings (SSSR count). The minimum atomic E-state index is -0.778. The second-order valence-electron chi connectivity index (χ2n) is 5.99. The third-order valence-electron chi connectivity index (χ3n) is 3.89. The van der Waals surface area contributed by atoms with Crippen molar-refractivity contribution >= 4 is 22.8 Å². The number of aromatic nitrogens is 1. The maximum atomic E-state index is 13.8. The van der Waals surface area contributed by atoms with Crippen LogP contribution in [0.5, 0.6) is 0 Å². The molecule has 0 radical (unpaired) electrons. The zero-order valence-corrected chi connectivity index (χ0v) is 18.8. The van der Waals surface area contributed by atoms with E-state index in [4.69, 9.17) is 0 Å². The molecule has 0 aliphatic rings. The third-order valence-corrected chi connectivity index (χ3v) is 3.89. The summed E-state index contributed by atoms with van der Waals surface area (Å²) in [6, 6.07) is 11.3. The Hall–Kier alpha value is -2.25. The summed E-state index contributed by atoms with van der Waals surface area (Å²) in [5.74, 6) is -2.93. The van der Waals surface area contributed by atoms with Crippen LogP contribution < -0.4 is 24.8 Å². The summed E-state index contributed by atoms with van der Waals surface area (Å²) in [4.78, 5) is 12.7. The van der Waals surface area contributed by atoms with Gasteiger partial charge >= 0.3 is 17.1 Å². The van der Waals surface area contributed by atoms with E-state index in [0.717, 1.165) is 24.3 Å². The van der Waals surface area contributed by atoms with Crippen LogP contribution in [-0.2, 0) is 17.1 Å². The van der Waals surface area contributed by atoms with E-state index < -0.39 is 23.3 Å². The van der Waals surface area contributed by atoms with Crippen LogP contribution in [0.2, 0.25) is 0 Å². The second-order valence-corrected chi connectivity index (χ2v) is 5.99. The minimum Gasteiger partial charge on any atom is -1.00 e. The number of nitrogens with zero attached hydrogens (tertiary/aromatic N) is 3. The summed E-state index contributed by atoms with van der Waals surface area (Å²) in [5, 5.41) is 0. The molecule has 1 aromatic heterocycles. The summed E-state index contributed by atoms with van der Waals surface area (Å²) < 4.78 is 53.6. The van der Waals surface area contributed by atoms with Gasteiger partial charge in [0.25, 0.3) is 0 Å². The van der Waals surface area contributed by atoms with Crippen LogP contribution in [0.25, 0.3) is 0 Å². The standard InChI is InChI=1S/C21H15F4N3.2ClH.Fe/c1-12(26-20-8-6-14(22)10-16(20)24)18-4-3-5-19(28-18)13(2)27-21-9-7-15(23)11-17(21)25;;;/h3-11H,1-2H3;2*1H;/q;;;+2/p-2/b26-12+,27-13+;;;. The van der Waals surface area contributed by atoms with Crippen molar-refractivity contribution in [1.29, 1.82) is 0 Å². The molecule has 1 heterocycles. The van der Waals surface area contributed by atoms with Gasteiger partial charge in [-0.2, -0.15) is 0 Å². The first-order valence-corrected chi connectivity index (χ1v) is 8.32. The van der Waals surface area contributed by atoms with Crippen molar-refractivity contribution in [3.8, 4) is 0 Å². The first-order chi connectivity index (χ1) is 13.3. The molecule has 0 aliphatic heterocycles. The first kappa shape index (κ1) is 28.7. The van der Waals surface area contributed by atoms with Crippen LogP contribution in [0.1, 0.15) is 25.2 Å². The Balaban J connectivity index is 0.00000300. The fraction of sp³-hybridized carbons (Fsp3) is 0.0952. The quantitative estimate of drug-likeness (QED) is 0.274. The van der Waals surface area contributed by atoms with Crippen LogP contribution in [0, 0.1) is 23.3 Å². The van der Waals surface area contributed by atoms with E-state index in [1.807, 2.05) is 0 Å². The molecule has 0 saturated carbocycles. The van der Waals surface area contributed by atoms with Crippen LogP contribution in [0.15, 0.2) is 64.6 Å². The Morgan fingerprint density at radius 3 is 1.42 bits per heavy atom. The molecule has 10 heteroatoms. The average Bonchev–Trinajstić information content (AvgIpc) is 2.66. The van der Waals surface area contributed by atoms with E-state index in [1.165, 1.54) is 12.1 Å². The van der Waals surface area contributed by atoms with Crippen molar-refractivity contribution in [3.63, 3.8) is 0 Å². The normalized spacial score (nSPS) is 11.2. The smallest absolute Gasteiger partial charge is 1.00 e. The van der Waals surface area contributed by atoms with E-state index in [0.29, 0.717) is 22.8 Å². The first-order valence-electron chi connectivity index (χ1n) is 8.32. The van der Waals surface area contributed by atoms with Gasteiger partial charge in [-0.3, -0.25) is 0 Å². The molecule has 0 spiro atoms. The Morgan fingerprint density at radius 2 is 1.06 bits per heavy atom. The predicted octanol–water partition coefficient (Wildman–Crippen LogP) is -0.0751. The fourth-order valence-corrected chi connectivity index (χ4v) is 2.46. The summed E-state index contributed by atoms with van der Waals surface area (Å²) in [5.41, 5.74) is 1.71. The van der Waals surface area contributed by atoms with E-state index in [1.54, 1.807) is 32.0 Å². The number of aliphatic imine (C=N–C) groups is 2. The molecular weight excluding hydrogens is 497 g/mol. The molecule has 0 N–H and O–H groups in total. The molecule has 3 aromatic rings. The second kappa shape index (κ2) is 12.6. The minimum absolute atomic E-state index is 0. The fourth-order valence-electron chi connectivity index (χ4n) is 2.46. The molecule has 0 amide bonds. The molecule has 0 fully saturated rings. The molecule has 0 unspecified atom stereocenters. The average molecular weight is 512 g/mol. The van der Waals surface area contributed by atoms with Crippen molar-refractivity contribution in [1.82, 2.24) is 4.98 Å². The number of rotatable bonds is 4. The van der Waals surface area contributed by atoms with Crippen LogP contribution in [-0.4, -0.2) is 16.4 Å². The maximum Gasteiger partial charge on any atom is 2.00 e. The molecule has 164 valence electrons. The zero-order valence-electron chi connectivity index (χ0n) is 16.2. The van der Waals surface area contributed by atoms with Crippen LogP contribution in [0.3, 0.4) is 0 Å². The van der Waals surface area contributed by atoms with E-state index in [2.05, 4.69) is 15.0 Å². The number of pyridine rings is 1. The van der Waals surface area contributed by atoms with Gasteiger partial charge in [0, 0.05) is 12.1 Å². The summed E-state index contributed by atoms with van der Waals surface area (Å²) in [6.45, 7) is 3.28. The zero-order chi connectivity index (χ0) is 20.3. The largest absolute Gasteiger partial charge is 2.00 e. The number of hydrogen-bond acceptors (Lipinski definition) is 3. The number of halogens is 6. The van der Waals surface area contributed by atoms with Gasteiger partial charge in [-0.25, -0.2) is 32.5 Å². The van der Waals surface area contributed by atoms with Crippen molar-refractivity contribution in [2.24, 2.45) is 9.98 Å². The molecule has 31 heavy (non-hydrogen) atoms. The summed E-state index contributed by atoms with van der Waals surface area (Å²) >= 11 is 0. The van der Waals surface area contributed by atoms with E-state index in [9.17, 15) is 17.6 Å². The van der Waals surface area contributed by atoms with E-state index in [-0.39, 0.29) is 53.3 Å². The van der Waals surface area contributed by atoms with Gasteiger partial charge in [-0.05, 0) is 50.2 Å². The van der Waals surface area contributed by atoms with Gasteiger partial charge in [0.15, 0.2) is 11.6 Å². The van der Waals surface area contributed by atoms with Crippen molar-refractivity contribution < 1.29 is 59.4 Å². The molecule has 0 bridgehead atoms. The monoisotopic (exact) mass is 511 g/mol. The van der Waals surface area contributed by atoms with Crippen molar-refractivity contribution in [2.45, 2.75) is 13.8 Å². The molecule has 2 aromatic carbocycles. The Kier molecular flexibility index (Phi) is 11.7. The Bertz CT molecular complexity index is 1020. The summed E-state index contributed by atoms with van der Waals surface area (Å²) in [6.07, 6.45) is 0. The van der Waals surface area contributed by atoms with Gasteiger partial charge < -0.3 is 24.8 Å². The van der Waals surface area contributed by atoms with Gasteiger partial charge in [-0.15, -0.1) is 0 Å². The van der Waals surface area contributed by atoms with Crippen LogP contribution >= 0.6 is 0 Å². The molecule has 0 atom stereocenters. The Labute approximate surface area is 200 Å². The van der Waals surface area contributed by atoms with Crippen molar-refractivity contribution in [2.75, 3.05) is 0 Å². The SMILES string of the molecule is C/C(=N\c1ccc(F)cc1F)c1cccc(/C(C)=N/c2ccc(F)cc2F)n1.[Cl-].[Cl-].[Fe+2]. The van der Waals surface area contributed by atoms with Crippen molar-refractivity contribution in [3.05, 3.63) is 89.3 Å². The van der Waals surface area contributed by atoms with Gasteiger partial charge in [0.05, 0.1) is 34.2 Å². The molecular formula is C21H15Cl2F4FeN3. The van der Waals surface area contributed by atoms with Gasteiger partial charge in [0.2, 0.25) is 0 Å². The molecule has 3 nitrogen and oxygen atoms in total. The molecule has 0 saturated heterocycles. The summed E-state index contributed by atoms with van der Waals surface area (Å²) in [7, 11) is 0.